The number of carbonyl (C=O) groups excluding carboxylic acids is 3. The van der Waals surface area contributed by atoms with Crippen LogP contribution in [0.2, 0.25) is 0 Å². The predicted octanol–water partition coefficient (Wildman–Crippen LogP) is 3.30. The van der Waals surface area contributed by atoms with Gasteiger partial charge in [-0.3, -0.25) is 14.4 Å². The normalized spacial score (nSPS) is 29.3. The molecule has 4 aliphatic carbocycles. The average Bonchev–Trinajstić information content (AvgIpc) is 2.71. The number of carbonyl (C=O) groups is 3. The molecule has 2 amide bonds. The summed E-state index contributed by atoms with van der Waals surface area (Å²) in [7, 11) is 1.69. The summed E-state index contributed by atoms with van der Waals surface area (Å²) in [5.41, 5.74) is 1.15. The van der Waals surface area contributed by atoms with E-state index in [0.717, 1.165) is 42.6 Å². The number of hydrogen-bond acceptors (Lipinski definition) is 4. The molecule has 5 rings (SSSR count). The van der Waals surface area contributed by atoms with Crippen LogP contribution in [-0.2, 0) is 25.7 Å². The van der Waals surface area contributed by atoms with E-state index in [9.17, 15) is 14.4 Å². The van der Waals surface area contributed by atoms with E-state index in [1.165, 1.54) is 19.3 Å². The summed E-state index contributed by atoms with van der Waals surface area (Å²) in [6.45, 7) is 1.83. The van der Waals surface area contributed by atoms with Gasteiger partial charge >= 0.3 is 5.97 Å². The Bertz CT molecular complexity index is 787. The van der Waals surface area contributed by atoms with E-state index >= 15 is 0 Å². The Labute approximate surface area is 184 Å². The van der Waals surface area contributed by atoms with Gasteiger partial charge in [0.05, 0.1) is 0 Å². The summed E-state index contributed by atoms with van der Waals surface area (Å²) in [6, 6.07) is 9.65. The maximum Gasteiger partial charge on any atom is 0.326 e. The molecule has 4 aliphatic rings. The van der Waals surface area contributed by atoms with Crippen LogP contribution in [0.4, 0.5) is 0 Å². The molecule has 4 saturated carbocycles. The fourth-order valence-corrected chi connectivity index (χ4v) is 6.62. The van der Waals surface area contributed by atoms with Crippen molar-refractivity contribution in [2.24, 2.45) is 23.2 Å². The number of hydrogen-bond donors (Lipinski definition) is 1. The topological polar surface area (TPSA) is 75.7 Å². The van der Waals surface area contributed by atoms with Crippen molar-refractivity contribution < 1.29 is 19.1 Å². The van der Waals surface area contributed by atoms with E-state index < -0.39 is 12.1 Å². The van der Waals surface area contributed by atoms with E-state index in [1.807, 2.05) is 30.3 Å². The zero-order valence-electron chi connectivity index (χ0n) is 18.6. The first-order valence-electron chi connectivity index (χ1n) is 11.6. The predicted molar refractivity (Wildman–Crippen MR) is 117 cm³/mol. The highest BCUT2D eigenvalue weighted by atomic mass is 16.5. The standard InChI is InChI=1S/C25H34N2O4/c1-17(24(30)27(2)16-18-6-4-3-5-7-18)31-23(29)15-26-22(28)14-25-11-19-8-20(12-25)10-21(9-19)13-25/h3-7,17,19-21H,8-16H2,1-2H3,(H,26,28)/t17-,19?,20?,21?,25?/m0/s1. The van der Waals surface area contributed by atoms with Gasteiger partial charge in [0.1, 0.15) is 6.54 Å². The second-order valence-corrected chi connectivity index (χ2v) is 10.2. The Morgan fingerprint density at radius 3 is 2.23 bits per heavy atom. The van der Waals surface area contributed by atoms with Crippen LogP contribution in [0, 0.1) is 23.2 Å². The van der Waals surface area contributed by atoms with Gasteiger partial charge in [-0.25, -0.2) is 0 Å². The molecule has 4 fully saturated rings. The molecule has 6 nitrogen and oxygen atoms in total. The Kier molecular flexibility index (Phi) is 6.35. The Morgan fingerprint density at radius 1 is 1.06 bits per heavy atom. The van der Waals surface area contributed by atoms with Gasteiger partial charge < -0.3 is 15.0 Å². The van der Waals surface area contributed by atoms with Gasteiger partial charge in [-0.05, 0) is 74.2 Å². The van der Waals surface area contributed by atoms with Crippen molar-refractivity contribution in [1.29, 1.82) is 0 Å². The van der Waals surface area contributed by atoms with Crippen molar-refractivity contribution in [3.63, 3.8) is 0 Å². The number of nitrogens with one attached hydrogen (secondary N) is 1. The Balaban J connectivity index is 1.20. The van der Waals surface area contributed by atoms with Crippen LogP contribution in [-0.4, -0.2) is 42.4 Å². The lowest BCUT2D eigenvalue weighted by atomic mass is 9.49. The number of amides is 2. The minimum absolute atomic E-state index is 0.0703. The molecule has 0 heterocycles. The molecular formula is C25H34N2O4. The fourth-order valence-electron chi connectivity index (χ4n) is 6.62. The lowest BCUT2D eigenvalue weighted by Gasteiger charge is -2.56. The molecule has 1 N–H and O–H groups in total. The molecule has 0 unspecified atom stereocenters. The quantitative estimate of drug-likeness (QED) is 0.647. The van der Waals surface area contributed by atoms with E-state index in [4.69, 9.17) is 4.74 Å². The molecule has 0 aliphatic heterocycles. The number of rotatable bonds is 8. The molecule has 168 valence electrons. The van der Waals surface area contributed by atoms with Crippen LogP contribution in [0.1, 0.15) is 57.4 Å². The number of nitrogens with zero attached hydrogens (tertiary/aromatic N) is 1. The molecule has 4 bridgehead atoms. The summed E-state index contributed by atoms with van der Waals surface area (Å²) >= 11 is 0. The van der Waals surface area contributed by atoms with Crippen molar-refractivity contribution in [2.45, 2.75) is 64.5 Å². The highest BCUT2D eigenvalue weighted by Gasteiger charge is 2.51. The first-order valence-corrected chi connectivity index (χ1v) is 11.6. The second-order valence-electron chi connectivity index (χ2n) is 10.2. The summed E-state index contributed by atoms with van der Waals surface area (Å²) in [5.74, 6) is 1.47. The molecule has 1 aromatic carbocycles. The van der Waals surface area contributed by atoms with Crippen molar-refractivity contribution in [1.82, 2.24) is 10.2 Å². The molecular weight excluding hydrogens is 392 g/mol. The van der Waals surface area contributed by atoms with Gasteiger partial charge in [0.15, 0.2) is 6.10 Å². The van der Waals surface area contributed by atoms with Crippen molar-refractivity contribution in [3.8, 4) is 0 Å². The third-order valence-electron chi connectivity index (χ3n) is 7.43. The first-order chi connectivity index (χ1) is 14.8. The monoisotopic (exact) mass is 426 g/mol. The zero-order chi connectivity index (χ0) is 22.0. The maximum absolute atomic E-state index is 12.6. The molecule has 1 atom stereocenters. The Hall–Kier alpha value is -2.37. The van der Waals surface area contributed by atoms with E-state index in [2.05, 4.69) is 5.32 Å². The molecule has 0 radical (unpaired) electrons. The van der Waals surface area contributed by atoms with Gasteiger partial charge in [-0.1, -0.05) is 30.3 Å². The van der Waals surface area contributed by atoms with Crippen molar-refractivity contribution in [2.75, 3.05) is 13.6 Å². The van der Waals surface area contributed by atoms with Gasteiger partial charge in [0.2, 0.25) is 5.91 Å². The third kappa shape index (κ3) is 5.28. The van der Waals surface area contributed by atoms with Gasteiger partial charge in [0, 0.05) is 20.0 Å². The van der Waals surface area contributed by atoms with Crippen LogP contribution in [0.5, 0.6) is 0 Å². The van der Waals surface area contributed by atoms with Crippen LogP contribution < -0.4 is 5.32 Å². The highest BCUT2D eigenvalue weighted by molar-refractivity contribution is 5.86. The van der Waals surface area contributed by atoms with Crippen molar-refractivity contribution in [3.05, 3.63) is 35.9 Å². The number of esters is 1. The van der Waals surface area contributed by atoms with Crippen LogP contribution in [0.25, 0.3) is 0 Å². The fraction of sp³-hybridized carbons (Fsp3) is 0.640. The molecule has 6 heteroatoms. The molecule has 31 heavy (non-hydrogen) atoms. The lowest BCUT2D eigenvalue weighted by molar-refractivity contribution is -0.158. The number of ether oxygens (including phenoxy) is 1. The largest absolute Gasteiger partial charge is 0.451 e. The highest BCUT2D eigenvalue weighted by Crippen LogP contribution is 2.61. The first kappa shape index (κ1) is 21.8. The van der Waals surface area contributed by atoms with Crippen molar-refractivity contribution >= 4 is 17.8 Å². The van der Waals surface area contributed by atoms with Gasteiger partial charge in [-0.2, -0.15) is 0 Å². The summed E-state index contributed by atoms with van der Waals surface area (Å²) in [4.78, 5) is 38.8. The van der Waals surface area contributed by atoms with E-state index in [-0.39, 0.29) is 23.8 Å². The molecule has 0 saturated heterocycles. The van der Waals surface area contributed by atoms with Crippen LogP contribution in [0.3, 0.4) is 0 Å². The number of benzene rings is 1. The average molecular weight is 427 g/mol. The molecule has 0 aromatic heterocycles. The van der Waals surface area contributed by atoms with Gasteiger partial charge in [-0.15, -0.1) is 0 Å². The molecule has 1 aromatic rings. The summed E-state index contributed by atoms with van der Waals surface area (Å²) in [6.07, 6.45) is 7.15. The van der Waals surface area contributed by atoms with Gasteiger partial charge in [0.25, 0.3) is 5.91 Å². The second kappa shape index (κ2) is 9.01. The minimum Gasteiger partial charge on any atom is -0.451 e. The Morgan fingerprint density at radius 2 is 1.65 bits per heavy atom. The molecule has 0 spiro atoms. The maximum atomic E-state index is 12.6. The summed E-state index contributed by atoms with van der Waals surface area (Å²) < 4.78 is 5.27. The third-order valence-corrected chi connectivity index (χ3v) is 7.43. The van der Waals surface area contributed by atoms with Crippen LogP contribution in [0.15, 0.2) is 30.3 Å². The van der Waals surface area contributed by atoms with E-state index in [0.29, 0.717) is 13.0 Å². The van der Waals surface area contributed by atoms with E-state index in [1.54, 1.807) is 18.9 Å². The number of likely N-dealkylation sites (N-methyl/N-ethyl adjacent to an activating group) is 1. The zero-order valence-corrected chi connectivity index (χ0v) is 18.6. The smallest absolute Gasteiger partial charge is 0.326 e. The minimum atomic E-state index is -0.888. The van der Waals surface area contributed by atoms with Crippen LogP contribution >= 0.6 is 0 Å². The SMILES string of the molecule is C[C@H](OC(=O)CNC(=O)CC12CC3CC(CC(C3)C1)C2)C(=O)N(C)Cc1ccccc1. The summed E-state index contributed by atoms with van der Waals surface area (Å²) in [5, 5.41) is 2.73. The lowest BCUT2D eigenvalue weighted by Crippen LogP contribution is -2.48.